The van der Waals surface area contributed by atoms with Crippen molar-refractivity contribution >= 4 is 22.8 Å². The number of nitrogen functional groups attached to an aromatic ring is 1. The summed E-state index contributed by atoms with van der Waals surface area (Å²) in [6.07, 6.45) is 3.28. The molecule has 2 atom stereocenters. The van der Waals surface area contributed by atoms with E-state index in [1.807, 2.05) is 30.3 Å². The van der Waals surface area contributed by atoms with Gasteiger partial charge in [0.15, 0.2) is 0 Å². The van der Waals surface area contributed by atoms with Gasteiger partial charge in [-0.1, -0.05) is 24.3 Å². The number of nitrogens with two attached hydrogens (primary N) is 1. The van der Waals surface area contributed by atoms with Crippen molar-refractivity contribution in [3.05, 3.63) is 65.4 Å². The molecule has 31 heavy (non-hydrogen) atoms. The predicted octanol–water partition coefficient (Wildman–Crippen LogP) is 3.35. The summed E-state index contributed by atoms with van der Waals surface area (Å²) in [6.45, 7) is 3.95. The van der Waals surface area contributed by atoms with Crippen molar-refractivity contribution in [1.29, 1.82) is 5.41 Å². The average molecular weight is 421 g/mol. The maximum Gasteiger partial charge on any atom is 0.313 e. The van der Waals surface area contributed by atoms with Crippen LogP contribution in [0.4, 0.5) is 0 Å². The van der Waals surface area contributed by atoms with E-state index in [4.69, 9.17) is 25.0 Å². The van der Waals surface area contributed by atoms with Crippen LogP contribution in [0.15, 0.2) is 53.1 Å². The summed E-state index contributed by atoms with van der Waals surface area (Å²) in [5.41, 5.74) is 8.58. The van der Waals surface area contributed by atoms with Gasteiger partial charge in [-0.2, -0.15) is 0 Å². The van der Waals surface area contributed by atoms with Crippen LogP contribution in [-0.2, 0) is 16.0 Å². The van der Waals surface area contributed by atoms with Gasteiger partial charge in [0, 0.05) is 17.5 Å². The van der Waals surface area contributed by atoms with E-state index >= 15 is 0 Å². The van der Waals surface area contributed by atoms with Gasteiger partial charge in [0.2, 0.25) is 0 Å². The monoisotopic (exact) mass is 421 g/mol. The molecule has 1 aliphatic rings. The molecule has 1 fully saturated rings. The van der Waals surface area contributed by atoms with Crippen LogP contribution in [-0.4, -0.2) is 37.6 Å². The third-order valence-corrected chi connectivity index (χ3v) is 5.56. The van der Waals surface area contributed by atoms with E-state index in [0.29, 0.717) is 24.2 Å². The summed E-state index contributed by atoms with van der Waals surface area (Å²) in [5, 5.41) is 11.8. The highest BCUT2D eigenvalue weighted by Crippen LogP contribution is 2.30. The first-order chi connectivity index (χ1) is 15.0. The lowest BCUT2D eigenvalue weighted by molar-refractivity contribution is -0.144. The van der Waals surface area contributed by atoms with Gasteiger partial charge in [-0.25, -0.2) is 0 Å². The fraction of sp³-hybridized carbons (Fsp3) is 0.333. The van der Waals surface area contributed by atoms with Gasteiger partial charge in [0.1, 0.15) is 23.3 Å². The molecule has 0 bridgehead atoms. The maximum absolute atomic E-state index is 12.8. The molecule has 0 aliphatic carbocycles. The van der Waals surface area contributed by atoms with Crippen LogP contribution in [0.3, 0.4) is 0 Å². The number of amidine groups is 1. The first kappa shape index (κ1) is 20.9. The Hall–Kier alpha value is -3.32. The summed E-state index contributed by atoms with van der Waals surface area (Å²) < 4.78 is 17.0. The molecular weight excluding hydrogens is 394 g/mol. The zero-order valence-corrected chi connectivity index (χ0v) is 17.5. The molecule has 4 rings (SSSR count). The molecular formula is C24H27N3O4. The third-order valence-electron chi connectivity index (χ3n) is 5.56. The first-order valence-electron chi connectivity index (χ1n) is 10.5. The molecule has 1 unspecified atom stereocenters. The predicted molar refractivity (Wildman–Crippen MR) is 119 cm³/mol. The van der Waals surface area contributed by atoms with Gasteiger partial charge in [0.05, 0.1) is 18.8 Å². The highest BCUT2D eigenvalue weighted by Gasteiger charge is 2.25. The first-order valence-corrected chi connectivity index (χ1v) is 10.5. The third kappa shape index (κ3) is 4.72. The standard InChI is InChI=1S/C24H27N3O4/c1-2-29-24(28)21(15-3-6-18(7-4-15)31-19-9-10-27-13-19)11-17-14-30-22-12-16(23(25)26)5-8-20(17)22/h3-8,12,14,19,21,27H,2,9-11,13H2,1H3,(H3,25,26)/t19-,21?/m0/s1. The number of carbonyl (C=O) groups is 1. The van der Waals surface area contributed by atoms with Crippen LogP contribution in [0, 0.1) is 5.41 Å². The zero-order valence-electron chi connectivity index (χ0n) is 17.5. The number of nitrogens with one attached hydrogen (secondary N) is 2. The number of ether oxygens (including phenoxy) is 2. The highest BCUT2D eigenvalue weighted by atomic mass is 16.5. The number of benzene rings is 2. The summed E-state index contributed by atoms with van der Waals surface area (Å²) >= 11 is 0. The van der Waals surface area contributed by atoms with Gasteiger partial charge in [-0.3, -0.25) is 10.2 Å². The van der Waals surface area contributed by atoms with Crippen molar-refractivity contribution in [1.82, 2.24) is 5.32 Å². The molecule has 4 N–H and O–H groups in total. The Morgan fingerprint density at radius 1 is 1.29 bits per heavy atom. The normalized spacial score (nSPS) is 16.9. The van der Waals surface area contributed by atoms with Crippen molar-refractivity contribution in [2.75, 3.05) is 19.7 Å². The van der Waals surface area contributed by atoms with E-state index < -0.39 is 5.92 Å². The molecule has 2 heterocycles. The minimum absolute atomic E-state index is 0.0139. The second-order valence-electron chi connectivity index (χ2n) is 7.70. The fourth-order valence-electron chi connectivity index (χ4n) is 3.91. The van der Waals surface area contributed by atoms with Gasteiger partial charge >= 0.3 is 5.97 Å². The molecule has 7 heteroatoms. The number of esters is 1. The minimum atomic E-state index is -0.463. The number of hydrogen-bond acceptors (Lipinski definition) is 6. The van der Waals surface area contributed by atoms with Crippen LogP contribution >= 0.6 is 0 Å². The van der Waals surface area contributed by atoms with Crippen LogP contribution in [0.5, 0.6) is 5.75 Å². The van der Waals surface area contributed by atoms with Crippen molar-refractivity contribution in [2.45, 2.75) is 31.8 Å². The molecule has 7 nitrogen and oxygen atoms in total. The zero-order chi connectivity index (χ0) is 21.8. The number of fused-ring (bicyclic) bond motifs is 1. The van der Waals surface area contributed by atoms with Crippen molar-refractivity contribution < 1.29 is 18.7 Å². The number of furan rings is 1. The topological polar surface area (TPSA) is 111 Å². The minimum Gasteiger partial charge on any atom is -0.489 e. The fourth-order valence-corrected chi connectivity index (χ4v) is 3.91. The van der Waals surface area contributed by atoms with Crippen molar-refractivity contribution in [3.63, 3.8) is 0 Å². The van der Waals surface area contributed by atoms with E-state index in [1.54, 1.807) is 25.3 Å². The van der Waals surface area contributed by atoms with E-state index in [2.05, 4.69) is 5.32 Å². The summed E-state index contributed by atoms with van der Waals surface area (Å²) in [5.74, 6) is 0.0480. The highest BCUT2D eigenvalue weighted by molar-refractivity contribution is 5.98. The largest absolute Gasteiger partial charge is 0.489 e. The van der Waals surface area contributed by atoms with E-state index in [1.165, 1.54) is 0 Å². The maximum atomic E-state index is 12.8. The quantitative estimate of drug-likeness (QED) is 0.292. The molecule has 0 spiro atoms. The summed E-state index contributed by atoms with van der Waals surface area (Å²) in [7, 11) is 0. The van der Waals surface area contributed by atoms with Crippen LogP contribution < -0.4 is 15.8 Å². The average Bonchev–Trinajstić information content (AvgIpc) is 3.42. The Kier molecular flexibility index (Phi) is 6.23. The van der Waals surface area contributed by atoms with Crippen molar-refractivity contribution in [2.24, 2.45) is 5.73 Å². The Labute approximate surface area is 181 Å². The van der Waals surface area contributed by atoms with Gasteiger partial charge in [-0.15, -0.1) is 0 Å². The van der Waals surface area contributed by atoms with E-state index in [-0.39, 0.29) is 17.9 Å². The SMILES string of the molecule is CCOC(=O)C(Cc1coc2cc(C(=N)N)ccc12)c1ccc(O[C@H]2CCNC2)cc1. The molecule has 1 aromatic heterocycles. The Morgan fingerprint density at radius 3 is 2.77 bits per heavy atom. The molecule has 0 radical (unpaired) electrons. The number of rotatable bonds is 8. The van der Waals surface area contributed by atoms with Crippen LogP contribution in [0.2, 0.25) is 0 Å². The summed E-state index contributed by atoms with van der Waals surface area (Å²) in [4.78, 5) is 12.8. The van der Waals surface area contributed by atoms with Gasteiger partial charge in [0.25, 0.3) is 0 Å². The molecule has 1 aliphatic heterocycles. The summed E-state index contributed by atoms with van der Waals surface area (Å²) in [6, 6.07) is 13.1. The smallest absolute Gasteiger partial charge is 0.313 e. The van der Waals surface area contributed by atoms with E-state index in [0.717, 1.165) is 41.8 Å². The van der Waals surface area contributed by atoms with Crippen LogP contribution in [0.1, 0.15) is 36.0 Å². The molecule has 0 saturated carbocycles. The van der Waals surface area contributed by atoms with Gasteiger partial charge in [-0.05, 0) is 55.6 Å². The lowest BCUT2D eigenvalue weighted by Crippen LogP contribution is -2.20. The molecule has 3 aromatic rings. The molecule has 1 saturated heterocycles. The van der Waals surface area contributed by atoms with Crippen molar-refractivity contribution in [3.8, 4) is 5.75 Å². The molecule has 162 valence electrons. The Morgan fingerprint density at radius 2 is 2.10 bits per heavy atom. The van der Waals surface area contributed by atoms with Gasteiger partial charge < -0.3 is 24.9 Å². The lowest BCUT2D eigenvalue weighted by Gasteiger charge is -2.17. The molecule has 0 amide bonds. The van der Waals surface area contributed by atoms with E-state index in [9.17, 15) is 4.79 Å². The Bertz CT molecular complexity index is 1070. The number of carbonyl (C=O) groups excluding carboxylic acids is 1. The van der Waals surface area contributed by atoms with Crippen LogP contribution in [0.25, 0.3) is 11.0 Å². The lowest BCUT2D eigenvalue weighted by atomic mass is 9.91. The Balaban J connectivity index is 1.57. The molecule has 2 aromatic carbocycles. The number of hydrogen-bond donors (Lipinski definition) is 3. The second-order valence-corrected chi connectivity index (χ2v) is 7.70. The second kappa shape index (κ2) is 9.22.